The Morgan fingerprint density at radius 1 is 1.28 bits per heavy atom. The number of amides is 1. The molecule has 0 radical (unpaired) electrons. The summed E-state index contributed by atoms with van der Waals surface area (Å²) >= 11 is 8.95. The lowest BCUT2D eigenvalue weighted by Gasteiger charge is -2.10. The van der Waals surface area contributed by atoms with Gasteiger partial charge in [-0.15, -0.1) is 6.58 Å². The van der Waals surface area contributed by atoms with Gasteiger partial charge >= 0.3 is 0 Å². The fraction of sp³-hybridized carbons (Fsp3) is 0.158. The molecule has 25 heavy (non-hydrogen) atoms. The molecule has 1 aliphatic heterocycles. The van der Waals surface area contributed by atoms with Gasteiger partial charge in [-0.2, -0.15) is 0 Å². The molecule has 2 aromatic rings. The molecular formula is C19H17IN2OS2. The Morgan fingerprint density at radius 3 is 2.60 bits per heavy atom. The zero-order valence-electron chi connectivity index (χ0n) is 14.0. The van der Waals surface area contributed by atoms with Crippen molar-refractivity contribution in [3.05, 3.63) is 68.4 Å². The van der Waals surface area contributed by atoms with E-state index in [9.17, 15) is 4.79 Å². The molecule has 0 bridgehead atoms. The topological polar surface area (TPSA) is 25.2 Å². The largest absolute Gasteiger partial charge is 0.318 e. The summed E-state index contributed by atoms with van der Waals surface area (Å²) in [5.74, 6) is -0.0473. The first-order chi connectivity index (χ1) is 11.9. The van der Waals surface area contributed by atoms with Crippen LogP contribution in [0, 0.1) is 17.4 Å². The van der Waals surface area contributed by atoms with Crippen LogP contribution >= 0.6 is 46.6 Å². The van der Waals surface area contributed by atoms with E-state index in [2.05, 4.69) is 77.9 Å². The van der Waals surface area contributed by atoms with Crippen LogP contribution in [0.5, 0.6) is 0 Å². The van der Waals surface area contributed by atoms with Crippen LogP contribution in [0.2, 0.25) is 0 Å². The van der Waals surface area contributed by atoms with Crippen LogP contribution in [0.1, 0.15) is 17.0 Å². The minimum Gasteiger partial charge on any atom is -0.318 e. The second-order valence-corrected chi connectivity index (χ2v) is 8.64. The number of carbonyl (C=O) groups excluding carboxylic acids is 1. The van der Waals surface area contributed by atoms with Crippen LogP contribution in [0.25, 0.3) is 11.8 Å². The lowest BCUT2D eigenvalue weighted by molar-refractivity contribution is -0.121. The number of thioether (sulfide) groups is 1. The Morgan fingerprint density at radius 2 is 1.96 bits per heavy atom. The van der Waals surface area contributed by atoms with Gasteiger partial charge in [-0.25, -0.2) is 0 Å². The van der Waals surface area contributed by atoms with E-state index in [1.807, 2.05) is 6.08 Å². The molecule has 3 rings (SSSR count). The maximum atomic E-state index is 12.5. The molecular weight excluding hydrogens is 463 g/mol. The van der Waals surface area contributed by atoms with E-state index in [1.54, 1.807) is 11.0 Å². The molecule has 6 heteroatoms. The summed E-state index contributed by atoms with van der Waals surface area (Å²) in [6.07, 6.45) is 3.63. The summed E-state index contributed by atoms with van der Waals surface area (Å²) in [5, 5.41) is 0. The van der Waals surface area contributed by atoms with Crippen LogP contribution in [0.15, 0.2) is 47.9 Å². The minimum absolute atomic E-state index is 0.0473. The van der Waals surface area contributed by atoms with Crippen LogP contribution in [-0.4, -0.2) is 26.2 Å². The van der Waals surface area contributed by atoms with Gasteiger partial charge in [0, 0.05) is 27.2 Å². The van der Waals surface area contributed by atoms with E-state index in [0.717, 1.165) is 22.6 Å². The highest BCUT2D eigenvalue weighted by atomic mass is 127. The molecule has 1 amide bonds. The Balaban J connectivity index is 1.99. The van der Waals surface area contributed by atoms with Gasteiger partial charge < -0.3 is 4.57 Å². The molecule has 1 saturated heterocycles. The van der Waals surface area contributed by atoms with Gasteiger partial charge in [0.2, 0.25) is 0 Å². The zero-order valence-corrected chi connectivity index (χ0v) is 17.7. The first-order valence-electron chi connectivity index (χ1n) is 7.73. The molecule has 1 aliphatic rings. The molecule has 3 nitrogen and oxygen atoms in total. The molecule has 2 heterocycles. The van der Waals surface area contributed by atoms with E-state index in [0.29, 0.717) is 15.8 Å². The molecule has 0 aliphatic carbocycles. The summed E-state index contributed by atoms with van der Waals surface area (Å²) in [5.41, 5.74) is 4.39. The highest BCUT2D eigenvalue weighted by Crippen LogP contribution is 2.34. The molecule has 0 unspecified atom stereocenters. The third kappa shape index (κ3) is 3.61. The quantitative estimate of drug-likeness (QED) is 0.264. The van der Waals surface area contributed by atoms with Crippen molar-refractivity contribution in [1.82, 2.24) is 9.47 Å². The van der Waals surface area contributed by atoms with Gasteiger partial charge in [-0.3, -0.25) is 9.69 Å². The summed E-state index contributed by atoms with van der Waals surface area (Å²) in [6.45, 7) is 8.28. The maximum Gasteiger partial charge on any atom is 0.266 e. The number of aromatic nitrogens is 1. The van der Waals surface area contributed by atoms with Crippen molar-refractivity contribution < 1.29 is 4.79 Å². The van der Waals surface area contributed by atoms with E-state index in [4.69, 9.17) is 12.2 Å². The Hall–Kier alpha value is -1.38. The third-order valence-electron chi connectivity index (χ3n) is 4.03. The van der Waals surface area contributed by atoms with Gasteiger partial charge in [0.05, 0.1) is 4.91 Å². The second kappa shape index (κ2) is 7.47. The fourth-order valence-corrected chi connectivity index (χ4v) is 4.47. The average Bonchev–Trinajstić information content (AvgIpc) is 3.00. The second-order valence-electron chi connectivity index (χ2n) is 5.72. The summed E-state index contributed by atoms with van der Waals surface area (Å²) in [7, 11) is 0. The zero-order chi connectivity index (χ0) is 18.1. The standard InChI is InChI=1S/C19H17IN2OS2/c1-4-9-21-18(23)17(25-19(21)24)11-14-10-12(2)22(13(14)3)16-7-5-15(20)6-8-16/h4-8,10-11H,1,9H2,2-3H3/b17-11+. The predicted octanol–water partition coefficient (Wildman–Crippen LogP) is 5.09. The van der Waals surface area contributed by atoms with E-state index in [-0.39, 0.29) is 5.91 Å². The first kappa shape index (κ1) is 18.4. The molecule has 1 aromatic carbocycles. The normalized spacial score (nSPS) is 16.1. The van der Waals surface area contributed by atoms with Crippen molar-refractivity contribution in [2.24, 2.45) is 0 Å². The van der Waals surface area contributed by atoms with Crippen molar-refractivity contribution in [1.29, 1.82) is 0 Å². The molecule has 1 aromatic heterocycles. The average molecular weight is 480 g/mol. The molecule has 1 fully saturated rings. The van der Waals surface area contributed by atoms with Crippen LogP contribution in [0.4, 0.5) is 0 Å². The van der Waals surface area contributed by atoms with Crippen molar-refractivity contribution in [2.45, 2.75) is 13.8 Å². The summed E-state index contributed by atoms with van der Waals surface area (Å²) in [6, 6.07) is 10.5. The van der Waals surface area contributed by atoms with Crippen molar-refractivity contribution in [3.8, 4) is 5.69 Å². The van der Waals surface area contributed by atoms with Gasteiger partial charge in [0.15, 0.2) is 0 Å². The highest BCUT2D eigenvalue weighted by Gasteiger charge is 2.31. The monoisotopic (exact) mass is 480 g/mol. The number of hydrogen-bond acceptors (Lipinski definition) is 3. The number of rotatable bonds is 4. The summed E-state index contributed by atoms with van der Waals surface area (Å²) in [4.78, 5) is 14.8. The Labute approximate surface area is 170 Å². The lowest BCUT2D eigenvalue weighted by atomic mass is 10.2. The van der Waals surface area contributed by atoms with Crippen LogP contribution in [-0.2, 0) is 4.79 Å². The van der Waals surface area contributed by atoms with E-state index in [1.165, 1.54) is 15.3 Å². The van der Waals surface area contributed by atoms with Crippen molar-refractivity contribution in [3.63, 3.8) is 0 Å². The maximum absolute atomic E-state index is 12.5. The van der Waals surface area contributed by atoms with Gasteiger partial charge in [0.25, 0.3) is 5.91 Å². The van der Waals surface area contributed by atoms with Crippen LogP contribution < -0.4 is 0 Å². The molecule has 128 valence electrons. The number of hydrogen-bond donors (Lipinski definition) is 0. The molecule has 0 saturated carbocycles. The number of carbonyl (C=O) groups is 1. The molecule has 0 N–H and O–H groups in total. The number of nitrogens with zero attached hydrogens (tertiary/aromatic N) is 2. The summed E-state index contributed by atoms with van der Waals surface area (Å²) < 4.78 is 3.99. The first-order valence-corrected chi connectivity index (χ1v) is 10.0. The smallest absolute Gasteiger partial charge is 0.266 e. The van der Waals surface area contributed by atoms with Crippen molar-refractivity contribution >= 4 is 62.9 Å². The molecule has 0 atom stereocenters. The van der Waals surface area contributed by atoms with Crippen LogP contribution in [0.3, 0.4) is 0 Å². The SMILES string of the molecule is C=CCN1C(=O)/C(=C\c2cc(C)n(-c3ccc(I)cc3)c2C)SC1=S. The number of halogens is 1. The third-order valence-corrected chi connectivity index (χ3v) is 6.12. The highest BCUT2D eigenvalue weighted by molar-refractivity contribution is 14.1. The fourth-order valence-electron chi connectivity index (χ4n) is 2.85. The van der Waals surface area contributed by atoms with Gasteiger partial charge in [0.1, 0.15) is 4.32 Å². The Kier molecular flexibility index (Phi) is 5.50. The lowest BCUT2D eigenvalue weighted by Crippen LogP contribution is -2.27. The van der Waals surface area contributed by atoms with Gasteiger partial charge in [-0.05, 0) is 78.4 Å². The predicted molar refractivity (Wildman–Crippen MR) is 118 cm³/mol. The minimum atomic E-state index is -0.0473. The number of aryl methyl sites for hydroxylation is 1. The van der Waals surface area contributed by atoms with E-state index >= 15 is 0 Å². The van der Waals surface area contributed by atoms with Gasteiger partial charge in [-0.1, -0.05) is 30.1 Å². The molecule has 0 spiro atoms. The Bertz CT molecular complexity index is 897. The number of thiocarbonyl (C=S) groups is 1. The number of benzene rings is 1. The van der Waals surface area contributed by atoms with Crippen molar-refractivity contribution in [2.75, 3.05) is 6.54 Å². The van der Waals surface area contributed by atoms with E-state index < -0.39 is 0 Å².